The Balaban J connectivity index is 1.45. The molecule has 3 aliphatic rings. The molecule has 1 saturated heterocycles. The number of carbonyl (C=O) groups excluding carboxylic acids is 2. The van der Waals surface area contributed by atoms with E-state index in [2.05, 4.69) is 30.6 Å². The van der Waals surface area contributed by atoms with Gasteiger partial charge in [0.2, 0.25) is 11.8 Å². The van der Waals surface area contributed by atoms with Gasteiger partial charge in [0.05, 0.1) is 13.1 Å². The van der Waals surface area contributed by atoms with E-state index in [-0.39, 0.29) is 11.8 Å². The third kappa shape index (κ3) is 4.73. The Kier molecular flexibility index (Phi) is 6.00. The van der Waals surface area contributed by atoms with E-state index in [4.69, 9.17) is 0 Å². The average Bonchev–Trinajstić information content (AvgIpc) is 3.44. The van der Waals surface area contributed by atoms with E-state index in [1.165, 1.54) is 25.7 Å². The molecule has 3 fully saturated rings. The second kappa shape index (κ2) is 8.04. The van der Waals surface area contributed by atoms with Crippen LogP contribution in [0.15, 0.2) is 0 Å². The van der Waals surface area contributed by atoms with Gasteiger partial charge in [-0.25, -0.2) is 0 Å². The molecule has 0 bridgehead atoms. The number of amides is 2. The average molecular weight is 351 g/mol. The predicted molar refractivity (Wildman–Crippen MR) is 98.3 cm³/mol. The van der Waals surface area contributed by atoms with Gasteiger partial charge >= 0.3 is 0 Å². The van der Waals surface area contributed by atoms with Crippen LogP contribution < -0.4 is 0 Å². The molecule has 1 aliphatic heterocycles. The first-order valence-electron chi connectivity index (χ1n) is 10.1. The lowest BCUT2D eigenvalue weighted by molar-refractivity contribution is -0.136. The lowest BCUT2D eigenvalue weighted by Crippen LogP contribution is -2.56. The maximum absolute atomic E-state index is 12.5. The predicted octanol–water partition coefficient (Wildman–Crippen LogP) is 1.01. The zero-order chi connectivity index (χ0) is 18.0. The van der Waals surface area contributed by atoms with Crippen LogP contribution in [-0.4, -0.2) is 95.4 Å². The van der Waals surface area contributed by atoms with E-state index < -0.39 is 0 Å². The van der Waals surface area contributed by atoms with Gasteiger partial charge in [0.1, 0.15) is 0 Å². The fraction of sp³-hybridized carbons (Fsp3) is 0.895. The molecule has 142 valence electrons. The third-order valence-electron chi connectivity index (χ3n) is 5.84. The molecule has 2 saturated carbocycles. The molecule has 1 atom stereocenters. The van der Waals surface area contributed by atoms with Crippen LogP contribution in [0.1, 0.15) is 46.5 Å². The van der Waals surface area contributed by atoms with E-state index >= 15 is 0 Å². The van der Waals surface area contributed by atoms with Crippen molar-refractivity contribution in [2.75, 3.05) is 45.8 Å². The smallest absolute Gasteiger partial charge is 0.236 e. The molecular formula is C19H34N4O2. The lowest BCUT2D eigenvalue weighted by Gasteiger charge is -2.40. The summed E-state index contributed by atoms with van der Waals surface area (Å²) in [4.78, 5) is 33.7. The molecule has 1 unspecified atom stereocenters. The van der Waals surface area contributed by atoms with Crippen molar-refractivity contribution in [3.63, 3.8) is 0 Å². The largest absolute Gasteiger partial charge is 0.339 e. The summed E-state index contributed by atoms with van der Waals surface area (Å²) in [5, 5.41) is 0. The van der Waals surface area contributed by atoms with E-state index in [0.717, 1.165) is 32.7 Å². The van der Waals surface area contributed by atoms with Crippen molar-refractivity contribution < 1.29 is 9.59 Å². The highest BCUT2D eigenvalue weighted by atomic mass is 16.2. The number of piperazine rings is 1. The fourth-order valence-electron chi connectivity index (χ4n) is 4.04. The zero-order valence-electron chi connectivity index (χ0n) is 16.1. The van der Waals surface area contributed by atoms with Crippen LogP contribution in [0.25, 0.3) is 0 Å². The van der Waals surface area contributed by atoms with Gasteiger partial charge < -0.3 is 9.80 Å². The minimum Gasteiger partial charge on any atom is -0.339 e. The van der Waals surface area contributed by atoms with Gasteiger partial charge in [0, 0.05) is 50.8 Å². The summed E-state index contributed by atoms with van der Waals surface area (Å²) in [7, 11) is 0. The first-order valence-corrected chi connectivity index (χ1v) is 10.1. The first-order chi connectivity index (χ1) is 12.0. The lowest BCUT2D eigenvalue weighted by atomic mass is 10.2. The number of hydrogen-bond donors (Lipinski definition) is 0. The maximum atomic E-state index is 12.5. The van der Waals surface area contributed by atoms with Gasteiger partial charge in [0.15, 0.2) is 0 Å². The molecule has 0 aromatic heterocycles. The standard InChI is InChI=1S/C19H34N4O2/c1-4-22(16-6-7-16)18(24)13-20-10-11-21(15(3)12-20)14-19(25)23(5-2)17-8-9-17/h15-17H,4-14H2,1-3H3. The highest BCUT2D eigenvalue weighted by Gasteiger charge is 2.35. The molecule has 0 radical (unpaired) electrons. The van der Waals surface area contributed by atoms with Crippen LogP contribution >= 0.6 is 0 Å². The molecule has 0 aromatic carbocycles. The van der Waals surface area contributed by atoms with Gasteiger partial charge in [-0.15, -0.1) is 0 Å². The van der Waals surface area contributed by atoms with Crippen molar-refractivity contribution in [3.05, 3.63) is 0 Å². The molecule has 0 aromatic rings. The topological polar surface area (TPSA) is 47.1 Å². The Labute approximate surface area is 152 Å². The summed E-state index contributed by atoms with van der Waals surface area (Å²) in [6.45, 7) is 11.6. The molecule has 0 N–H and O–H groups in total. The summed E-state index contributed by atoms with van der Waals surface area (Å²) >= 11 is 0. The highest BCUT2D eigenvalue weighted by Crippen LogP contribution is 2.27. The summed E-state index contributed by atoms with van der Waals surface area (Å²) in [6.07, 6.45) is 4.67. The van der Waals surface area contributed by atoms with Crippen LogP contribution in [0.3, 0.4) is 0 Å². The molecule has 25 heavy (non-hydrogen) atoms. The summed E-state index contributed by atoms with van der Waals surface area (Å²) < 4.78 is 0. The van der Waals surface area contributed by atoms with Crippen molar-refractivity contribution in [2.45, 2.75) is 64.6 Å². The van der Waals surface area contributed by atoms with Gasteiger partial charge in [-0.05, 0) is 46.5 Å². The van der Waals surface area contributed by atoms with E-state index in [1.807, 2.05) is 9.80 Å². The Morgan fingerprint density at radius 3 is 1.84 bits per heavy atom. The van der Waals surface area contributed by atoms with Gasteiger partial charge in [-0.3, -0.25) is 19.4 Å². The van der Waals surface area contributed by atoms with Crippen LogP contribution in [0.5, 0.6) is 0 Å². The van der Waals surface area contributed by atoms with Crippen molar-refractivity contribution in [3.8, 4) is 0 Å². The minimum absolute atomic E-state index is 0.271. The monoisotopic (exact) mass is 350 g/mol. The molecule has 2 aliphatic carbocycles. The Hall–Kier alpha value is -1.14. The van der Waals surface area contributed by atoms with Gasteiger partial charge in [0.25, 0.3) is 0 Å². The minimum atomic E-state index is 0.271. The van der Waals surface area contributed by atoms with E-state index in [1.54, 1.807) is 0 Å². The third-order valence-corrected chi connectivity index (χ3v) is 5.84. The Bertz CT molecular complexity index is 490. The molecular weight excluding hydrogens is 316 g/mol. The van der Waals surface area contributed by atoms with Gasteiger partial charge in [-0.1, -0.05) is 0 Å². The normalized spacial score (nSPS) is 25.0. The summed E-state index contributed by atoms with van der Waals surface area (Å²) in [6, 6.07) is 1.31. The van der Waals surface area contributed by atoms with Crippen LogP contribution in [0.2, 0.25) is 0 Å². The highest BCUT2D eigenvalue weighted by molar-refractivity contribution is 5.79. The molecule has 6 nitrogen and oxygen atoms in total. The van der Waals surface area contributed by atoms with Crippen molar-refractivity contribution in [2.24, 2.45) is 0 Å². The van der Waals surface area contributed by atoms with Crippen molar-refractivity contribution >= 4 is 11.8 Å². The second-order valence-electron chi connectivity index (χ2n) is 7.88. The zero-order valence-corrected chi connectivity index (χ0v) is 16.1. The van der Waals surface area contributed by atoms with Crippen molar-refractivity contribution in [1.29, 1.82) is 0 Å². The maximum Gasteiger partial charge on any atom is 0.236 e. The number of hydrogen-bond acceptors (Lipinski definition) is 4. The van der Waals surface area contributed by atoms with Crippen LogP contribution in [-0.2, 0) is 9.59 Å². The number of nitrogens with zero attached hydrogens (tertiary/aromatic N) is 4. The SMILES string of the molecule is CCN(C(=O)CN1CCN(CC(=O)N(CC)C2CC2)C(C)C1)C1CC1. The van der Waals surface area contributed by atoms with E-state index in [0.29, 0.717) is 31.2 Å². The van der Waals surface area contributed by atoms with E-state index in [9.17, 15) is 9.59 Å². The second-order valence-corrected chi connectivity index (χ2v) is 7.88. The van der Waals surface area contributed by atoms with Crippen LogP contribution in [0.4, 0.5) is 0 Å². The molecule has 6 heteroatoms. The quantitative estimate of drug-likeness (QED) is 0.656. The number of carbonyl (C=O) groups is 2. The van der Waals surface area contributed by atoms with Gasteiger partial charge in [-0.2, -0.15) is 0 Å². The summed E-state index contributed by atoms with van der Waals surface area (Å²) in [5.41, 5.74) is 0. The number of rotatable bonds is 8. The van der Waals surface area contributed by atoms with Crippen LogP contribution in [0, 0.1) is 0 Å². The molecule has 3 rings (SSSR count). The number of likely N-dealkylation sites (N-methyl/N-ethyl adjacent to an activating group) is 2. The Morgan fingerprint density at radius 1 is 0.880 bits per heavy atom. The first kappa shape index (κ1) is 18.6. The Morgan fingerprint density at radius 2 is 1.40 bits per heavy atom. The summed E-state index contributed by atoms with van der Waals surface area (Å²) in [5.74, 6) is 0.542. The molecule has 0 spiro atoms. The fourth-order valence-corrected chi connectivity index (χ4v) is 4.04. The van der Waals surface area contributed by atoms with Crippen molar-refractivity contribution in [1.82, 2.24) is 19.6 Å². The molecule has 2 amide bonds. The molecule has 1 heterocycles.